The van der Waals surface area contributed by atoms with E-state index < -0.39 is 0 Å². The van der Waals surface area contributed by atoms with Crippen LogP contribution in [-0.2, 0) is 24.2 Å². The monoisotopic (exact) mass is 392 g/mol. The highest BCUT2D eigenvalue weighted by molar-refractivity contribution is 5.78. The molecule has 0 saturated carbocycles. The van der Waals surface area contributed by atoms with Gasteiger partial charge in [0.25, 0.3) is 0 Å². The lowest BCUT2D eigenvalue weighted by atomic mass is 10.0. The Morgan fingerprint density at radius 3 is 2.59 bits per heavy atom. The fourth-order valence-corrected chi connectivity index (χ4v) is 4.83. The van der Waals surface area contributed by atoms with Crippen LogP contribution in [0.25, 0.3) is 0 Å². The summed E-state index contributed by atoms with van der Waals surface area (Å²) in [4.78, 5) is 23.7. The smallest absolute Gasteiger partial charge is 0.236 e. The summed E-state index contributed by atoms with van der Waals surface area (Å²) >= 11 is 0. The van der Waals surface area contributed by atoms with Crippen molar-refractivity contribution >= 4 is 5.91 Å². The Kier molecular flexibility index (Phi) is 6.26. The predicted octanol–water partition coefficient (Wildman–Crippen LogP) is 2.60. The van der Waals surface area contributed by atoms with Gasteiger partial charge in [-0.15, -0.1) is 0 Å². The summed E-state index contributed by atoms with van der Waals surface area (Å²) in [6.45, 7) is 3.33. The molecule has 154 valence electrons. The first-order valence-electron chi connectivity index (χ1n) is 10.7. The number of aromatic nitrogens is 1. The molecule has 5 nitrogen and oxygen atoms in total. The standard InChI is InChI=1S/C24H32N4O/c1-26(16-19-7-5-11-25-15-19)18-24(29)27(2)22-10-6-12-28(17-22)23-13-20-8-3-4-9-21(20)14-23/h3-5,7-9,11,15,22-23H,6,10,12-14,16-18H2,1-2H3. The number of carbonyl (C=O) groups excluding carboxylic acids is 1. The second kappa shape index (κ2) is 9.06. The van der Waals surface area contributed by atoms with Crippen molar-refractivity contribution in [3.63, 3.8) is 0 Å². The Bertz CT molecular complexity index is 800. The Morgan fingerprint density at radius 1 is 1.14 bits per heavy atom. The number of amides is 1. The van der Waals surface area contributed by atoms with Gasteiger partial charge in [-0.3, -0.25) is 19.6 Å². The minimum atomic E-state index is 0.206. The average molecular weight is 393 g/mol. The van der Waals surface area contributed by atoms with Crippen LogP contribution in [0.3, 0.4) is 0 Å². The molecule has 0 N–H and O–H groups in total. The minimum absolute atomic E-state index is 0.206. The van der Waals surface area contributed by atoms with Crippen LogP contribution in [0.1, 0.15) is 29.5 Å². The second-order valence-electron chi connectivity index (χ2n) is 8.66. The lowest BCUT2D eigenvalue weighted by Gasteiger charge is -2.40. The van der Waals surface area contributed by atoms with Crippen LogP contribution in [0, 0.1) is 0 Å². The molecule has 2 aromatic rings. The Balaban J connectivity index is 1.30. The van der Waals surface area contributed by atoms with E-state index in [0.29, 0.717) is 18.6 Å². The van der Waals surface area contributed by atoms with Crippen molar-refractivity contribution in [2.45, 2.75) is 44.3 Å². The summed E-state index contributed by atoms with van der Waals surface area (Å²) in [5.74, 6) is 0.206. The van der Waals surface area contributed by atoms with Crippen molar-refractivity contribution < 1.29 is 4.79 Å². The van der Waals surface area contributed by atoms with Crippen molar-refractivity contribution in [3.8, 4) is 0 Å². The minimum Gasteiger partial charge on any atom is -0.340 e. The maximum atomic E-state index is 12.9. The normalized spacial score (nSPS) is 20.0. The number of fused-ring (bicyclic) bond motifs is 1. The van der Waals surface area contributed by atoms with Crippen LogP contribution in [0.5, 0.6) is 0 Å². The molecule has 1 saturated heterocycles. The van der Waals surface area contributed by atoms with Crippen LogP contribution < -0.4 is 0 Å². The number of carbonyl (C=O) groups is 1. The van der Waals surface area contributed by atoms with Crippen LogP contribution >= 0.6 is 0 Å². The number of hydrogen-bond acceptors (Lipinski definition) is 4. The number of likely N-dealkylation sites (N-methyl/N-ethyl adjacent to an activating group) is 2. The van der Waals surface area contributed by atoms with Gasteiger partial charge in [0.1, 0.15) is 0 Å². The summed E-state index contributed by atoms with van der Waals surface area (Å²) in [7, 11) is 3.99. The van der Waals surface area contributed by atoms with Crippen molar-refractivity contribution in [3.05, 3.63) is 65.5 Å². The summed E-state index contributed by atoms with van der Waals surface area (Å²) in [5, 5.41) is 0. The van der Waals surface area contributed by atoms with Crippen molar-refractivity contribution in [1.29, 1.82) is 0 Å². The highest BCUT2D eigenvalue weighted by Crippen LogP contribution is 2.28. The number of piperidine rings is 1. The molecule has 1 aliphatic carbocycles. The van der Waals surface area contributed by atoms with E-state index in [1.165, 1.54) is 17.5 Å². The van der Waals surface area contributed by atoms with E-state index in [1.807, 2.05) is 31.3 Å². The first-order valence-corrected chi connectivity index (χ1v) is 10.7. The Hall–Kier alpha value is -2.24. The lowest BCUT2D eigenvalue weighted by molar-refractivity contribution is -0.134. The second-order valence-corrected chi connectivity index (χ2v) is 8.66. The SMILES string of the molecule is CN(CC(=O)N(C)C1CCCN(C2Cc3ccccc3C2)C1)Cc1cccnc1. The number of likely N-dealkylation sites (tertiary alicyclic amines) is 1. The zero-order chi connectivity index (χ0) is 20.2. The maximum absolute atomic E-state index is 12.9. The molecule has 29 heavy (non-hydrogen) atoms. The Labute approximate surface area is 174 Å². The molecule has 5 heteroatoms. The largest absolute Gasteiger partial charge is 0.340 e. The lowest BCUT2D eigenvalue weighted by Crippen LogP contribution is -2.53. The molecule has 1 aromatic carbocycles. The number of nitrogens with zero attached hydrogens (tertiary/aromatic N) is 4. The zero-order valence-corrected chi connectivity index (χ0v) is 17.6. The fraction of sp³-hybridized carbons (Fsp3) is 0.500. The van der Waals surface area contributed by atoms with Crippen molar-refractivity contribution in [1.82, 2.24) is 19.7 Å². The quantitative estimate of drug-likeness (QED) is 0.758. The summed E-state index contributed by atoms with van der Waals surface area (Å²) in [6.07, 6.45) is 8.21. The first kappa shape index (κ1) is 20.0. The number of benzene rings is 1. The van der Waals surface area contributed by atoms with Gasteiger partial charge >= 0.3 is 0 Å². The molecule has 1 aliphatic heterocycles. The van der Waals surface area contributed by atoms with Gasteiger partial charge in [0.2, 0.25) is 5.91 Å². The average Bonchev–Trinajstić information content (AvgIpc) is 3.18. The number of hydrogen-bond donors (Lipinski definition) is 0. The van der Waals surface area contributed by atoms with E-state index in [-0.39, 0.29) is 5.91 Å². The van der Waals surface area contributed by atoms with E-state index in [1.54, 1.807) is 6.20 Å². The molecule has 4 rings (SSSR count). The van der Waals surface area contributed by atoms with E-state index in [0.717, 1.165) is 44.5 Å². The van der Waals surface area contributed by atoms with Crippen LogP contribution in [0.4, 0.5) is 0 Å². The van der Waals surface area contributed by atoms with Gasteiger partial charge in [0.05, 0.1) is 6.54 Å². The van der Waals surface area contributed by atoms with Gasteiger partial charge in [0, 0.05) is 44.6 Å². The predicted molar refractivity (Wildman–Crippen MR) is 116 cm³/mol. The molecule has 0 radical (unpaired) electrons. The van der Waals surface area contributed by atoms with Gasteiger partial charge in [0.15, 0.2) is 0 Å². The molecule has 1 fully saturated rings. The van der Waals surface area contributed by atoms with Gasteiger partial charge in [-0.25, -0.2) is 0 Å². The van der Waals surface area contributed by atoms with Crippen LogP contribution in [0.15, 0.2) is 48.8 Å². The summed E-state index contributed by atoms with van der Waals surface area (Å²) in [5.41, 5.74) is 4.14. The molecule has 1 amide bonds. The third-order valence-corrected chi connectivity index (χ3v) is 6.50. The molecular weight excluding hydrogens is 360 g/mol. The molecule has 2 heterocycles. The summed E-state index contributed by atoms with van der Waals surface area (Å²) in [6, 6.07) is 13.7. The van der Waals surface area contributed by atoms with Gasteiger partial charge in [-0.2, -0.15) is 0 Å². The molecule has 1 aromatic heterocycles. The van der Waals surface area contributed by atoms with Gasteiger partial charge in [-0.05, 0) is 62.0 Å². The molecule has 0 spiro atoms. The van der Waals surface area contributed by atoms with Crippen molar-refractivity contribution in [2.75, 3.05) is 33.7 Å². The van der Waals surface area contributed by atoms with Crippen molar-refractivity contribution in [2.24, 2.45) is 0 Å². The van der Waals surface area contributed by atoms with E-state index in [9.17, 15) is 4.79 Å². The molecule has 2 aliphatic rings. The molecule has 1 unspecified atom stereocenters. The zero-order valence-electron chi connectivity index (χ0n) is 17.6. The highest BCUT2D eigenvalue weighted by atomic mass is 16.2. The highest BCUT2D eigenvalue weighted by Gasteiger charge is 2.32. The van der Waals surface area contributed by atoms with Gasteiger partial charge < -0.3 is 4.90 Å². The summed E-state index contributed by atoms with van der Waals surface area (Å²) < 4.78 is 0. The van der Waals surface area contributed by atoms with Crippen LogP contribution in [-0.4, -0.2) is 71.4 Å². The number of rotatable bonds is 6. The van der Waals surface area contributed by atoms with Crippen LogP contribution in [0.2, 0.25) is 0 Å². The maximum Gasteiger partial charge on any atom is 0.236 e. The van der Waals surface area contributed by atoms with E-state index in [4.69, 9.17) is 0 Å². The fourth-order valence-electron chi connectivity index (χ4n) is 4.83. The first-order chi connectivity index (χ1) is 14.1. The topological polar surface area (TPSA) is 39.7 Å². The third-order valence-electron chi connectivity index (χ3n) is 6.50. The number of pyridine rings is 1. The van der Waals surface area contributed by atoms with E-state index >= 15 is 0 Å². The third kappa shape index (κ3) is 4.85. The van der Waals surface area contributed by atoms with E-state index in [2.05, 4.69) is 45.1 Å². The molecular formula is C24H32N4O. The van der Waals surface area contributed by atoms with Gasteiger partial charge in [-0.1, -0.05) is 30.3 Å². The molecule has 0 bridgehead atoms. The Morgan fingerprint density at radius 2 is 1.90 bits per heavy atom. The molecule has 1 atom stereocenters.